The predicted octanol–water partition coefficient (Wildman–Crippen LogP) is 4.42. The van der Waals surface area contributed by atoms with E-state index in [1.165, 1.54) is 5.57 Å². The van der Waals surface area contributed by atoms with E-state index in [2.05, 4.69) is 30.4 Å². The van der Waals surface area contributed by atoms with Crippen LogP contribution in [-0.2, 0) is 24.0 Å². The highest BCUT2D eigenvalue weighted by molar-refractivity contribution is 5.96. The minimum Gasteiger partial charge on any atom is -0.464 e. The van der Waals surface area contributed by atoms with Gasteiger partial charge in [-0.25, -0.2) is 4.79 Å². The van der Waals surface area contributed by atoms with Crippen LogP contribution in [0.3, 0.4) is 0 Å². The number of carbonyl (C=O) groups is 3. The lowest BCUT2D eigenvalue weighted by Gasteiger charge is -2.59. The molecule has 0 bridgehead atoms. The third-order valence-corrected chi connectivity index (χ3v) is 11.4. The largest absolute Gasteiger partial charge is 0.464 e. The Morgan fingerprint density at radius 3 is 2.47 bits per heavy atom. The number of nitrogens with one attached hydrogen (secondary N) is 1. The molecule has 8 atom stereocenters. The molecule has 0 heterocycles. The lowest BCUT2D eigenvalue weighted by Crippen LogP contribution is -2.57. The van der Waals surface area contributed by atoms with Gasteiger partial charge in [-0.05, 0) is 100 Å². The maximum atomic E-state index is 12.7. The quantitative estimate of drug-likeness (QED) is 0.285. The summed E-state index contributed by atoms with van der Waals surface area (Å²) in [7, 11) is 0. The minimum absolute atomic E-state index is 0.0397. The molecule has 1 aromatic rings. The Kier molecular flexibility index (Phi) is 8.87. The molecule has 0 saturated heterocycles. The molecule has 3 saturated carbocycles. The molecule has 0 spiro atoms. The monoisotopic (exact) mass is 594 g/mol. The highest BCUT2D eigenvalue weighted by atomic mass is 16.6. The molecule has 3 fully saturated rings. The first-order valence-electron chi connectivity index (χ1n) is 15.8. The number of esters is 1. The summed E-state index contributed by atoms with van der Waals surface area (Å²) in [6.07, 6.45) is 7.84. The number of allylic oxidation sites excluding steroid dienone is 2. The van der Waals surface area contributed by atoms with Crippen LogP contribution < -0.4 is 5.32 Å². The molecule has 0 aliphatic heterocycles. The highest BCUT2D eigenvalue weighted by Gasteiger charge is 2.65. The van der Waals surface area contributed by atoms with Crippen LogP contribution in [0.25, 0.3) is 0 Å². The van der Waals surface area contributed by atoms with Crippen molar-refractivity contribution in [1.82, 2.24) is 5.32 Å². The van der Waals surface area contributed by atoms with E-state index in [4.69, 9.17) is 9.57 Å². The number of amides is 1. The zero-order valence-electron chi connectivity index (χ0n) is 25.8. The zero-order valence-corrected chi connectivity index (χ0v) is 25.8. The lowest BCUT2D eigenvalue weighted by atomic mass is 9.46. The van der Waals surface area contributed by atoms with Gasteiger partial charge in [0.15, 0.2) is 18.4 Å². The van der Waals surface area contributed by atoms with Crippen molar-refractivity contribution in [3.8, 4) is 0 Å². The topological polar surface area (TPSA) is 135 Å². The number of oxime groups is 1. The van der Waals surface area contributed by atoms with Gasteiger partial charge in [-0.2, -0.15) is 0 Å². The Hall–Kier alpha value is -3.04. The molecule has 3 N–H and O–H groups in total. The fraction of sp³-hybridized carbons (Fsp3) is 0.647. The second kappa shape index (κ2) is 12.2. The maximum Gasteiger partial charge on any atom is 0.331 e. The number of hydrogen-bond donors (Lipinski definition) is 3. The van der Waals surface area contributed by atoms with Crippen molar-refractivity contribution in [2.75, 3.05) is 13.2 Å². The van der Waals surface area contributed by atoms with Gasteiger partial charge in [0.2, 0.25) is 0 Å². The van der Waals surface area contributed by atoms with E-state index in [0.717, 1.165) is 50.7 Å². The van der Waals surface area contributed by atoms with Gasteiger partial charge in [-0.1, -0.05) is 54.9 Å². The maximum absolute atomic E-state index is 12.7. The molecular weight excluding hydrogens is 548 g/mol. The molecule has 4 aliphatic rings. The summed E-state index contributed by atoms with van der Waals surface area (Å²) < 4.78 is 5.08. The first-order valence-corrected chi connectivity index (χ1v) is 15.8. The molecule has 234 valence electrons. The second-order valence-electron chi connectivity index (χ2n) is 13.4. The summed E-state index contributed by atoms with van der Waals surface area (Å²) in [6, 6.07) is 7.36. The second-order valence-corrected chi connectivity index (χ2v) is 13.4. The van der Waals surface area contributed by atoms with Crippen molar-refractivity contribution >= 4 is 23.4 Å². The molecule has 5 rings (SSSR count). The number of hydrogen-bond acceptors (Lipinski definition) is 8. The zero-order chi connectivity index (χ0) is 31.0. The van der Waals surface area contributed by atoms with Crippen molar-refractivity contribution in [3.63, 3.8) is 0 Å². The minimum atomic E-state index is -1.28. The number of Topliss-reactive ketones (excluding diaryl/α,β-unsaturated/α-hetero) is 1. The summed E-state index contributed by atoms with van der Waals surface area (Å²) in [6.45, 7) is 7.44. The van der Waals surface area contributed by atoms with Crippen LogP contribution in [0.4, 0.5) is 0 Å². The predicted molar refractivity (Wildman–Crippen MR) is 161 cm³/mol. The molecule has 1 aromatic carbocycles. The Bertz CT molecular complexity index is 1290. The number of benzene rings is 1. The Labute approximate surface area is 254 Å². The van der Waals surface area contributed by atoms with E-state index in [0.29, 0.717) is 29.7 Å². The smallest absolute Gasteiger partial charge is 0.331 e. The number of aliphatic hydroxyl groups is 2. The average Bonchev–Trinajstić information content (AvgIpc) is 3.27. The molecule has 43 heavy (non-hydrogen) atoms. The van der Waals surface area contributed by atoms with Gasteiger partial charge >= 0.3 is 5.97 Å². The van der Waals surface area contributed by atoms with E-state index >= 15 is 0 Å². The number of ether oxygens (including phenoxy) is 1. The fourth-order valence-electron chi connectivity index (χ4n) is 8.97. The van der Waals surface area contributed by atoms with Crippen LogP contribution in [0.15, 0.2) is 47.1 Å². The first-order chi connectivity index (χ1) is 20.4. The Morgan fingerprint density at radius 1 is 1.05 bits per heavy atom. The Morgan fingerprint density at radius 2 is 1.77 bits per heavy atom. The first kappa shape index (κ1) is 31.4. The number of fused-ring (bicyclic) bond motifs is 5. The van der Waals surface area contributed by atoms with Crippen molar-refractivity contribution in [2.24, 2.45) is 33.7 Å². The van der Waals surface area contributed by atoms with Crippen molar-refractivity contribution in [3.05, 3.63) is 47.5 Å². The van der Waals surface area contributed by atoms with Crippen LogP contribution in [0.1, 0.15) is 90.7 Å². The summed E-state index contributed by atoms with van der Waals surface area (Å²) in [5.74, 6) is -0.0466. The van der Waals surface area contributed by atoms with Crippen LogP contribution in [0, 0.1) is 28.6 Å². The summed E-state index contributed by atoms with van der Waals surface area (Å²) in [5.41, 5.74) is 1.13. The summed E-state index contributed by atoms with van der Waals surface area (Å²) in [5, 5.41) is 29.0. The van der Waals surface area contributed by atoms with E-state index in [-0.39, 0.29) is 23.2 Å². The molecule has 0 unspecified atom stereocenters. The van der Waals surface area contributed by atoms with Crippen LogP contribution in [0.2, 0.25) is 0 Å². The molecular formula is C34H46N2O7. The van der Waals surface area contributed by atoms with Crippen molar-refractivity contribution in [2.45, 2.75) is 96.8 Å². The molecule has 9 heteroatoms. The number of aliphatic hydroxyl groups excluding tert-OH is 1. The number of ketones is 1. The molecule has 9 nitrogen and oxygen atoms in total. The molecule has 0 aromatic heterocycles. The Balaban J connectivity index is 1.22. The standard InChI is InChI=1S/C34H46N2O7/c1-5-42-31(40)29(30(39)22-9-7-6-8-10-22)35-28(38)20-43-36-24-13-16-32(3)23(19-24)11-12-25-26(32)14-17-33(4)27(25)15-18-34(33,41)21(2)37/h6-10,19,25-27,29-30,39,41H,5,11-18,20H2,1-4H3,(H,35,38)/b36-24+/t25-,26+,27-,29+,30-,32-,33-,34-/m0/s1. The number of rotatable bonds is 9. The third-order valence-electron chi connectivity index (χ3n) is 11.4. The van der Waals surface area contributed by atoms with Gasteiger partial charge in [0.1, 0.15) is 11.7 Å². The van der Waals surface area contributed by atoms with Crippen LogP contribution >= 0.6 is 0 Å². The van der Waals surface area contributed by atoms with E-state index in [9.17, 15) is 24.6 Å². The fourth-order valence-corrected chi connectivity index (χ4v) is 8.97. The third kappa shape index (κ3) is 5.55. The van der Waals surface area contributed by atoms with Gasteiger partial charge in [-0.15, -0.1) is 0 Å². The highest BCUT2D eigenvalue weighted by Crippen LogP contribution is 2.67. The number of carbonyl (C=O) groups excluding carboxylic acids is 3. The van der Waals surface area contributed by atoms with Gasteiger partial charge < -0.3 is 25.1 Å². The van der Waals surface area contributed by atoms with Crippen LogP contribution in [0.5, 0.6) is 0 Å². The van der Waals surface area contributed by atoms with Gasteiger partial charge in [0.05, 0.1) is 12.3 Å². The molecule has 1 amide bonds. The van der Waals surface area contributed by atoms with E-state index in [1.54, 1.807) is 44.2 Å². The van der Waals surface area contributed by atoms with Crippen molar-refractivity contribution < 1.29 is 34.2 Å². The molecule has 0 radical (unpaired) electrons. The molecule has 4 aliphatic carbocycles. The van der Waals surface area contributed by atoms with E-state index < -0.39 is 36.2 Å². The van der Waals surface area contributed by atoms with Gasteiger partial charge in [0.25, 0.3) is 5.91 Å². The number of nitrogens with zero attached hydrogens (tertiary/aromatic N) is 1. The summed E-state index contributed by atoms with van der Waals surface area (Å²) in [4.78, 5) is 43.2. The van der Waals surface area contributed by atoms with E-state index in [1.807, 2.05) is 0 Å². The average molecular weight is 595 g/mol. The normalized spacial score (nSPS) is 35.4. The van der Waals surface area contributed by atoms with Gasteiger partial charge in [-0.3, -0.25) is 9.59 Å². The van der Waals surface area contributed by atoms with Gasteiger partial charge in [0, 0.05) is 5.41 Å². The van der Waals surface area contributed by atoms with Crippen molar-refractivity contribution in [1.29, 1.82) is 0 Å². The van der Waals surface area contributed by atoms with Crippen LogP contribution in [-0.4, -0.2) is 58.4 Å². The summed E-state index contributed by atoms with van der Waals surface area (Å²) >= 11 is 0. The SMILES string of the molecule is CCOC(=O)[C@H](NC(=O)CO/N=C1/C=C2CC[C@H]3[C@@H](CC[C@@]4(C)[C@H]3CC[C@]4(O)C(C)=O)[C@@]2(C)CC1)[C@@H](O)c1ccccc1. The lowest BCUT2D eigenvalue weighted by molar-refractivity contribution is -0.159.